The SMILES string of the molecule is CCCCCCCNCCCCCSC. The van der Waals surface area contributed by atoms with E-state index in [1.807, 2.05) is 11.8 Å². The zero-order valence-electron chi connectivity index (χ0n) is 10.7. The van der Waals surface area contributed by atoms with Crippen molar-refractivity contribution in [2.45, 2.75) is 58.3 Å². The summed E-state index contributed by atoms with van der Waals surface area (Å²) < 4.78 is 0. The van der Waals surface area contributed by atoms with E-state index in [-0.39, 0.29) is 0 Å². The first kappa shape index (κ1) is 15.3. The number of hydrogen-bond donors (Lipinski definition) is 1. The van der Waals surface area contributed by atoms with Gasteiger partial charge in [0.15, 0.2) is 0 Å². The second kappa shape index (κ2) is 14.3. The zero-order valence-corrected chi connectivity index (χ0v) is 11.5. The highest BCUT2D eigenvalue weighted by Gasteiger charge is 1.91. The largest absolute Gasteiger partial charge is 0.317 e. The third kappa shape index (κ3) is 14.3. The second-order valence-electron chi connectivity index (χ2n) is 4.22. The molecule has 2 heteroatoms. The van der Waals surface area contributed by atoms with Crippen molar-refractivity contribution in [3.63, 3.8) is 0 Å². The third-order valence-electron chi connectivity index (χ3n) is 2.66. The minimum Gasteiger partial charge on any atom is -0.317 e. The summed E-state index contributed by atoms with van der Waals surface area (Å²) in [5.41, 5.74) is 0. The molecule has 0 bridgehead atoms. The lowest BCUT2D eigenvalue weighted by molar-refractivity contribution is 0.565. The summed E-state index contributed by atoms with van der Waals surface area (Å²) >= 11 is 1.96. The van der Waals surface area contributed by atoms with Crippen LogP contribution >= 0.6 is 11.8 Å². The molecular formula is C13H29NS. The molecule has 0 spiro atoms. The van der Waals surface area contributed by atoms with Gasteiger partial charge in [-0.15, -0.1) is 0 Å². The van der Waals surface area contributed by atoms with Crippen LogP contribution in [0.3, 0.4) is 0 Å². The van der Waals surface area contributed by atoms with E-state index in [2.05, 4.69) is 18.5 Å². The molecule has 0 unspecified atom stereocenters. The van der Waals surface area contributed by atoms with E-state index in [0.29, 0.717) is 0 Å². The molecule has 0 fully saturated rings. The molecule has 0 rings (SSSR count). The van der Waals surface area contributed by atoms with Gasteiger partial charge in [-0.1, -0.05) is 39.0 Å². The Hall–Kier alpha value is 0.310. The first-order chi connectivity index (χ1) is 7.41. The standard InChI is InChI=1S/C13H29NS/c1-3-4-5-6-8-11-14-12-9-7-10-13-15-2/h14H,3-13H2,1-2H3. The maximum Gasteiger partial charge on any atom is -0.00489 e. The molecule has 0 saturated heterocycles. The fraction of sp³-hybridized carbons (Fsp3) is 1.00. The molecule has 0 aromatic rings. The lowest BCUT2D eigenvalue weighted by Crippen LogP contribution is -2.16. The maximum absolute atomic E-state index is 3.53. The van der Waals surface area contributed by atoms with Crippen molar-refractivity contribution in [3.8, 4) is 0 Å². The molecule has 0 heterocycles. The summed E-state index contributed by atoms with van der Waals surface area (Å²) in [7, 11) is 0. The minimum atomic E-state index is 1.22. The number of unbranched alkanes of at least 4 members (excludes halogenated alkanes) is 6. The predicted molar refractivity (Wildman–Crippen MR) is 73.9 cm³/mol. The topological polar surface area (TPSA) is 12.0 Å². The van der Waals surface area contributed by atoms with Gasteiger partial charge in [-0.05, 0) is 44.4 Å². The average molecular weight is 231 g/mol. The van der Waals surface area contributed by atoms with Crippen LogP contribution in [0.25, 0.3) is 0 Å². The van der Waals surface area contributed by atoms with Crippen molar-refractivity contribution >= 4 is 11.8 Å². The van der Waals surface area contributed by atoms with Crippen LogP contribution in [0.4, 0.5) is 0 Å². The third-order valence-corrected chi connectivity index (χ3v) is 3.36. The minimum absolute atomic E-state index is 1.22. The van der Waals surface area contributed by atoms with Gasteiger partial charge in [-0.3, -0.25) is 0 Å². The van der Waals surface area contributed by atoms with Gasteiger partial charge in [0.1, 0.15) is 0 Å². The van der Waals surface area contributed by atoms with Crippen LogP contribution in [-0.2, 0) is 0 Å². The van der Waals surface area contributed by atoms with Crippen LogP contribution in [0, 0.1) is 0 Å². The summed E-state index contributed by atoms with van der Waals surface area (Å²) in [5.74, 6) is 1.33. The van der Waals surface area contributed by atoms with Crippen LogP contribution < -0.4 is 5.32 Å². The van der Waals surface area contributed by atoms with Crippen molar-refractivity contribution in [1.29, 1.82) is 0 Å². The van der Waals surface area contributed by atoms with Gasteiger partial charge in [0.2, 0.25) is 0 Å². The molecule has 0 amide bonds. The molecule has 0 aromatic carbocycles. The van der Waals surface area contributed by atoms with Crippen molar-refractivity contribution in [3.05, 3.63) is 0 Å². The Kier molecular flexibility index (Phi) is 14.6. The normalized spacial score (nSPS) is 10.8. The van der Waals surface area contributed by atoms with Gasteiger partial charge in [0.05, 0.1) is 0 Å². The predicted octanol–water partition coefficient (Wildman–Crippen LogP) is 4.08. The molecule has 0 aliphatic rings. The average Bonchev–Trinajstić information content (AvgIpc) is 2.26. The van der Waals surface area contributed by atoms with Gasteiger partial charge in [-0.25, -0.2) is 0 Å². The van der Waals surface area contributed by atoms with E-state index in [4.69, 9.17) is 0 Å². The van der Waals surface area contributed by atoms with Crippen molar-refractivity contribution < 1.29 is 0 Å². The van der Waals surface area contributed by atoms with Crippen LogP contribution in [-0.4, -0.2) is 25.1 Å². The number of nitrogens with one attached hydrogen (secondary N) is 1. The van der Waals surface area contributed by atoms with E-state index >= 15 is 0 Å². The molecule has 0 aliphatic carbocycles. The molecule has 92 valence electrons. The summed E-state index contributed by atoms with van der Waals surface area (Å²) in [4.78, 5) is 0. The lowest BCUT2D eigenvalue weighted by Gasteiger charge is -2.04. The Balaban J connectivity index is 2.81. The monoisotopic (exact) mass is 231 g/mol. The van der Waals surface area contributed by atoms with Crippen LogP contribution in [0.5, 0.6) is 0 Å². The molecule has 0 saturated carbocycles. The fourth-order valence-electron chi connectivity index (χ4n) is 1.65. The van der Waals surface area contributed by atoms with Gasteiger partial charge < -0.3 is 5.32 Å². The van der Waals surface area contributed by atoms with Crippen LogP contribution in [0.1, 0.15) is 58.3 Å². The quantitative estimate of drug-likeness (QED) is 0.508. The van der Waals surface area contributed by atoms with Crippen molar-refractivity contribution in [2.24, 2.45) is 0 Å². The second-order valence-corrected chi connectivity index (χ2v) is 5.20. The maximum atomic E-state index is 3.53. The Morgan fingerprint density at radius 3 is 2.00 bits per heavy atom. The van der Waals surface area contributed by atoms with E-state index < -0.39 is 0 Å². The first-order valence-corrected chi connectivity index (χ1v) is 8.00. The first-order valence-electron chi connectivity index (χ1n) is 6.61. The van der Waals surface area contributed by atoms with Crippen molar-refractivity contribution in [1.82, 2.24) is 5.32 Å². The highest BCUT2D eigenvalue weighted by molar-refractivity contribution is 7.98. The number of hydrogen-bond acceptors (Lipinski definition) is 2. The Morgan fingerprint density at radius 2 is 1.40 bits per heavy atom. The van der Waals surface area contributed by atoms with E-state index in [9.17, 15) is 0 Å². The zero-order chi connectivity index (χ0) is 11.2. The number of thioether (sulfide) groups is 1. The van der Waals surface area contributed by atoms with E-state index in [1.54, 1.807) is 0 Å². The Bertz CT molecular complexity index is 94.7. The molecular weight excluding hydrogens is 202 g/mol. The summed E-state index contributed by atoms with van der Waals surface area (Å²) in [6, 6.07) is 0. The van der Waals surface area contributed by atoms with E-state index in [0.717, 1.165) is 0 Å². The van der Waals surface area contributed by atoms with Gasteiger partial charge in [-0.2, -0.15) is 11.8 Å². The highest BCUT2D eigenvalue weighted by atomic mass is 32.2. The smallest absolute Gasteiger partial charge is 0.00489 e. The molecule has 0 radical (unpaired) electrons. The van der Waals surface area contributed by atoms with E-state index in [1.165, 1.54) is 70.2 Å². The van der Waals surface area contributed by atoms with Crippen molar-refractivity contribution in [2.75, 3.05) is 25.1 Å². The van der Waals surface area contributed by atoms with Gasteiger partial charge in [0.25, 0.3) is 0 Å². The molecule has 0 aliphatic heterocycles. The molecule has 0 atom stereocenters. The highest BCUT2D eigenvalue weighted by Crippen LogP contribution is 2.02. The van der Waals surface area contributed by atoms with Gasteiger partial charge >= 0.3 is 0 Å². The Morgan fingerprint density at radius 1 is 0.800 bits per heavy atom. The summed E-state index contributed by atoms with van der Waals surface area (Å²) in [5, 5.41) is 3.53. The molecule has 0 aromatic heterocycles. The van der Waals surface area contributed by atoms with Crippen LogP contribution in [0.2, 0.25) is 0 Å². The lowest BCUT2D eigenvalue weighted by atomic mass is 10.1. The molecule has 1 N–H and O–H groups in total. The van der Waals surface area contributed by atoms with Crippen LogP contribution in [0.15, 0.2) is 0 Å². The summed E-state index contributed by atoms with van der Waals surface area (Å²) in [6.45, 7) is 4.72. The molecule has 15 heavy (non-hydrogen) atoms. The Labute approximate surface area is 101 Å². The van der Waals surface area contributed by atoms with Gasteiger partial charge in [0, 0.05) is 0 Å². The number of rotatable bonds is 12. The fourth-order valence-corrected chi connectivity index (χ4v) is 2.14. The molecule has 1 nitrogen and oxygen atoms in total. The summed E-state index contributed by atoms with van der Waals surface area (Å²) in [6.07, 6.45) is 13.3.